The molecule has 0 amide bonds. The number of aliphatic carboxylic acids is 1. The van der Waals surface area contributed by atoms with Crippen molar-refractivity contribution in [3.05, 3.63) is 71.8 Å². The second-order valence-electron chi connectivity index (χ2n) is 4.51. The highest BCUT2D eigenvalue weighted by Crippen LogP contribution is 2.31. The molecule has 0 saturated carbocycles. The molecule has 0 aliphatic rings. The molecule has 1 N–H and O–H groups in total. The molecule has 2 aromatic carbocycles. The van der Waals surface area contributed by atoms with E-state index >= 15 is 0 Å². The largest absolute Gasteiger partial charge is 0.480 e. The summed E-state index contributed by atoms with van der Waals surface area (Å²) in [5.74, 6) is -1.24. The molecule has 102 valence electrons. The van der Waals surface area contributed by atoms with E-state index in [4.69, 9.17) is 11.6 Å². The number of benzene rings is 2. The van der Waals surface area contributed by atoms with E-state index in [0.717, 1.165) is 5.56 Å². The number of carboxylic acid groups (broad SMARTS) is 1. The van der Waals surface area contributed by atoms with Crippen molar-refractivity contribution in [1.82, 2.24) is 0 Å². The van der Waals surface area contributed by atoms with Gasteiger partial charge in [-0.1, -0.05) is 60.7 Å². The van der Waals surface area contributed by atoms with Crippen molar-refractivity contribution in [2.24, 2.45) is 0 Å². The van der Waals surface area contributed by atoms with E-state index in [2.05, 4.69) is 0 Å². The van der Waals surface area contributed by atoms with Crippen molar-refractivity contribution in [2.75, 3.05) is 0 Å². The first-order valence-corrected chi connectivity index (χ1v) is 6.48. The Morgan fingerprint density at radius 2 is 1.45 bits per heavy atom. The molecule has 1 unspecified atom stereocenters. The fourth-order valence-electron chi connectivity index (χ4n) is 2.19. The molecule has 0 bridgehead atoms. The fraction of sp³-hybridized carbons (Fsp3) is 0.125. The van der Waals surface area contributed by atoms with Gasteiger partial charge in [0.1, 0.15) is 0 Å². The highest BCUT2D eigenvalue weighted by molar-refractivity contribution is 6.67. The van der Waals surface area contributed by atoms with Crippen LogP contribution in [0.2, 0.25) is 0 Å². The normalized spacial score (nSPS) is 13.4. The Balaban J connectivity index is 2.55. The van der Waals surface area contributed by atoms with Gasteiger partial charge in [-0.25, -0.2) is 0 Å². The van der Waals surface area contributed by atoms with Gasteiger partial charge in [-0.05, 0) is 22.7 Å². The maximum atomic E-state index is 11.9. The molecule has 0 heterocycles. The zero-order chi connectivity index (χ0) is 14.6. The van der Waals surface area contributed by atoms with Gasteiger partial charge in [-0.15, -0.1) is 0 Å². The third-order valence-corrected chi connectivity index (χ3v) is 3.60. The summed E-state index contributed by atoms with van der Waals surface area (Å²) in [6.07, 6.45) is 0.0233. The van der Waals surface area contributed by atoms with E-state index in [-0.39, 0.29) is 6.42 Å². The first kappa shape index (κ1) is 14.3. The molecule has 0 aliphatic heterocycles. The van der Waals surface area contributed by atoms with Crippen molar-refractivity contribution >= 4 is 22.8 Å². The summed E-state index contributed by atoms with van der Waals surface area (Å²) >= 11 is 5.66. The molecule has 4 heteroatoms. The Morgan fingerprint density at radius 1 is 0.950 bits per heavy atom. The van der Waals surface area contributed by atoms with Crippen molar-refractivity contribution in [2.45, 2.75) is 11.8 Å². The van der Waals surface area contributed by atoms with E-state index in [1.807, 2.05) is 6.07 Å². The number of carbonyl (C=O) groups excluding carboxylic acids is 1. The third kappa shape index (κ3) is 2.58. The minimum absolute atomic E-state index is 0.0233. The summed E-state index contributed by atoms with van der Waals surface area (Å²) in [7, 11) is 0. The molecule has 0 aliphatic carbocycles. The second kappa shape index (κ2) is 5.88. The van der Waals surface area contributed by atoms with E-state index in [9.17, 15) is 14.7 Å². The van der Waals surface area contributed by atoms with Crippen LogP contribution in [0.5, 0.6) is 0 Å². The topological polar surface area (TPSA) is 54.4 Å². The molecule has 2 rings (SSSR count). The van der Waals surface area contributed by atoms with Crippen LogP contribution in [0.25, 0.3) is 0 Å². The lowest BCUT2D eigenvalue weighted by Gasteiger charge is -2.26. The van der Waals surface area contributed by atoms with Crippen LogP contribution in [0.3, 0.4) is 0 Å². The molecule has 2 aromatic rings. The fourth-order valence-corrected chi connectivity index (χ4v) is 2.45. The highest BCUT2D eigenvalue weighted by Gasteiger charge is 2.46. The molecule has 0 spiro atoms. The summed E-state index contributed by atoms with van der Waals surface area (Å²) < 4.78 is 0. The lowest BCUT2D eigenvalue weighted by atomic mass is 9.76. The number of carbonyl (C=O) groups is 2. The molecule has 0 radical (unpaired) electrons. The Kier molecular flexibility index (Phi) is 4.20. The number of carboxylic acids is 1. The van der Waals surface area contributed by atoms with Crippen LogP contribution in [0.4, 0.5) is 0 Å². The van der Waals surface area contributed by atoms with Gasteiger partial charge in [-0.2, -0.15) is 0 Å². The predicted molar refractivity (Wildman–Crippen MR) is 76.8 cm³/mol. The van der Waals surface area contributed by atoms with Crippen molar-refractivity contribution < 1.29 is 14.7 Å². The number of hydrogen-bond acceptors (Lipinski definition) is 2. The first-order valence-electron chi connectivity index (χ1n) is 6.10. The Morgan fingerprint density at radius 3 is 1.90 bits per heavy atom. The zero-order valence-corrected chi connectivity index (χ0v) is 11.4. The first-order chi connectivity index (χ1) is 9.57. The monoisotopic (exact) mass is 288 g/mol. The van der Waals surface area contributed by atoms with E-state index < -0.39 is 16.6 Å². The van der Waals surface area contributed by atoms with Crippen LogP contribution in [-0.4, -0.2) is 16.3 Å². The molecule has 0 saturated heterocycles. The third-order valence-electron chi connectivity index (χ3n) is 3.28. The van der Waals surface area contributed by atoms with Crippen LogP contribution in [0.1, 0.15) is 11.1 Å². The summed E-state index contributed by atoms with van der Waals surface area (Å²) in [4.78, 5) is 23.7. The zero-order valence-electron chi connectivity index (χ0n) is 10.6. The van der Waals surface area contributed by atoms with Crippen molar-refractivity contribution in [1.29, 1.82) is 0 Å². The minimum atomic E-state index is -1.76. The maximum Gasteiger partial charge on any atom is 0.323 e. The highest BCUT2D eigenvalue weighted by atomic mass is 35.5. The quantitative estimate of drug-likeness (QED) is 0.680. The summed E-state index contributed by atoms with van der Waals surface area (Å²) in [6, 6.07) is 17.3. The summed E-state index contributed by atoms with van der Waals surface area (Å²) in [5, 5.41) is 8.71. The average molecular weight is 289 g/mol. The van der Waals surface area contributed by atoms with Crippen molar-refractivity contribution in [3.63, 3.8) is 0 Å². The Hall–Kier alpha value is -2.13. The Labute approximate surface area is 121 Å². The molecular formula is C16H13ClO3. The lowest BCUT2D eigenvalue weighted by molar-refractivity contribution is -0.146. The van der Waals surface area contributed by atoms with Crippen molar-refractivity contribution in [3.8, 4) is 0 Å². The summed E-state index contributed by atoms with van der Waals surface area (Å²) in [6.45, 7) is 0. The van der Waals surface area contributed by atoms with Crippen LogP contribution < -0.4 is 0 Å². The van der Waals surface area contributed by atoms with Crippen LogP contribution in [0.15, 0.2) is 60.7 Å². The number of hydrogen-bond donors (Lipinski definition) is 1. The predicted octanol–water partition coefficient (Wildman–Crippen LogP) is 3.02. The molecular weight excluding hydrogens is 276 g/mol. The molecule has 1 atom stereocenters. The number of rotatable bonds is 5. The van der Waals surface area contributed by atoms with Gasteiger partial charge < -0.3 is 5.11 Å². The smallest absolute Gasteiger partial charge is 0.323 e. The maximum absolute atomic E-state index is 11.9. The van der Waals surface area contributed by atoms with Gasteiger partial charge in [0.05, 0.1) is 0 Å². The average Bonchev–Trinajstić information content (AvgIpc) is 2.46. The van der Waals surface area contributed by atoms with Crippen LogP contribution >= 0.6 is 11.6 Å². The Bertz CT molecular complexity index is 594. The van der Waals surface area contributed by atoms with E-state index in [1.165, 1.54) is 0 Å². The number of halogens is 1. The summed E-state index contributed by atoms with van der Waals surface area (Å²) in [5.41, 5.74) is -0.631. The minimum Gasteiger partial charge on any atom is -0.480 e. The standard InChI is InChI=1S/C16H13ClO3/c17-14(18)16(15(19)20,13-9-5-2-6-10-13)11-12-7-3-1-4-8-12/h1-10H,11H2,(H,19,20). The van der Waals surface area contributed by atoms with Gasteiger partial charge >= 0.3 is 5.97 Å². The molecule has 20 heavy (non-hydrogen) atoms. The van der Waals surface area contributed by atoms with E-state index in [0.29, 0.717) is 5.56 Å². The van der Waals surface area contributed by atoms with Gasteiger partial charge in [-0.3, -0.25) is 9.59 Å². The molecule has 3 nitrogen and oxygen atoms in total. The van der Waals surface area contributed by atoms with Gasteiger partial charge in [0.25, 0.3) is 0 Å². The molecule has 0 fully saturated rings. The lowest BCUT2D eigenvalue weighted by Crippen LogP contribution is -2.43. The van der Waals surface area contributed by atoms with E-state index in [1.54, 1.807) is 54.6 Å². The van der Waals surface area contributed by atoms with Gasteiger partial charge in [0.15, 0.2) is 5.41 Å². The molecule has 0 aromatic heterocycles. The van der Waals surface area contributed by atoms with Gasteiger partial charge in [0, 0.05) is 6.42 Å². The van der Waals surface area contributed by atoms with Crippen LogP contribution in [-0.2, 0) is 21.4 Å². The van der Waals surface area contributed by atoms with Gasteiger partial charge in [0.2, 0.25) is 5.24 Å². The SMILES string of the molecule is O=C(O)C(Cc1ccccc1)(C(=O)Cl)c1ccccc1. The second-order valence-corrected chi connectivity index (χ2v) is 4.86. The van der Waals surface area contributed by atoms with Crippen LogP contribution in [0, 0.1) is 0 Å².